The van der Waals surface area contributed by atoms with Crippen LogP contribution in [0.3, 0.4) is 0 Å². The maximum atomic E-state index is 12.9. The standard InChI is InChI=1S/C44H66N6O16P2.C42H64N6O15P2/c1-4-5-6-7-10-18-45-39(52)22-30-13-15-31(16-14-30)41-33-12-9-8-11-32(23-34(33)29(3)48-49-41)64-44(55)46-19-21-61-67(56,57)62-27-38-36(17-20-60-38)66-68(58,59)63-26-37-35(51)24-40(65-37)50-25-28(2)42(53)47-43(50)54;1-4-5-6-7-10-18-43-37(50)23-30-14-16-31(17-15-30)39-33-13-9-8-12-32(24-34(33)29(3)46-47-39)62-42(53)44-19-22-60-64(54,55)58-20-11-21-59-65(56,57)61-27-36-35(49)25-38(63-36)48-26-28(2)40(51)45-41(48)52/h13-16,25,32-33,35-38,40,48,51H,4-12,17-24,26-27H2,1-3H3,(H,45,52)(H,46,55)(H,56,57)(H,58,59)(H,47,53,54);14-17,26,32-33,35-36,38,46,49H,4-13,18-25,27H2,1-3H3,(H,43,50)(H,44,53)(H,54,55)(H,56,57)(H,45,51,52)/p-4/t32?,33?,35?,36?,37-,38-,40-;32?,33?,35?,36-,38-/m11/s1. The van der Waals surface area contributed by atoms with Crippen molar-refractivity contribution in [3.8, 4) is 0 Å². The number of aliphatic hydroxyl groups is 2. The molecule has 5 fully saturated rings. The fourth-order valence-electron chi connectivity index (χ4n) is 16.3. The quantitative estimate of drug-likeness (QED) is 0.0162. The lowest BCUT2D eigenvalue weighted by Gasteiger charge is -2.33. The monoisotopic (exact) mass is 1950 g/mol. The van der Waals surface area contributed by atoms with Crippen LogP contribution in [0.4, 0.5) is 9.59 Å². The number of hydrazone groups is 2. The van der Waals surface area contributed by atoms with Crippen LogP contribution in [-0.4, -0.2) is 193 Å². The minimum absolute atomic E-state index is 0.000660. The first-order valence-corrected chi connectivity index (χ1v) is 51.4. The van der Waals surface area contributed by atoms with Crippen LogP contribution in [0.15, 0.2) is 113 Å². The number of aliphatic hydroxyl groups excluding tert-OH is 2. The summed E-state index contributed by atoms with van der Waals surface area (Å²) in [4.78, 5) is 153. The van der Waals surface area contributed by atoms with Gasteiger partial charge in [-0.2, -0.15) is 10.2 Å². The van der Waals surface area contributed by atoms with Crippen molar-refractivity contribution in [2.45, 2.75) is 270 Å². The number of aromatic amines is 2. The number of hydrogen-bond acceptors (Lipinski definition) is 35. The van der Waals surface area contributed by atoms with Crippen LogP contribution in [0, 0.1) is 25.7 Å². The number of alkyl carbamates (subject to hydrolysis) is 2. The van der Waals surface area contributed by atoms with Gasteiger partial charge in [-0.05, 0) is 119 Å². The van der Waals surface area contributed by atoms with E-state index in [0.29, 0.717) is 51.6 Å². The number of phosphoric acid groups is 4. The number of aromatic nitrogens is 4. The smallest absolute Gasteiger partial charge is 0.407 e. The maximum absolute atomic E-state index is 12.9. The topological polar surface area (TPSA) is 596 Å². The van der Waals surface area contributed by atoms with Crippen LogP contribution < -0.4 is 74.2 Å². The molecular formula is C86H126N12O31P4-4. The van der Waals surface area contributed by atoms with E-state index < -0.39 is 174 Å². The minimum Gasteiger partial charge on any atom is -0.756 e. The lowest BCUT2D eigenvalue weighted by Crippen LogP contribution is -2.35. The van der Waals surface area contributed by atoms with E-state index in [4.69, 9.17) is 70.1 Å². The molecule has 7 heterocycles. The van der Waals surface area contributed by atoms with Gasteiger partial charge < -0.3 is 111 Å². The van der Waals surface area contributed by atoms with Crippen molar-refractivity contribution in [1.82, 2.24) is 51.2 Å². The molecule has 16 atom stereocenters. The van der Waals surface area contributed by atoms with Gasteiger partial charge in [0.2, 0.25) is 11.8 Å². The number of phosphoric ester groups is 4. The van der Waals surface area contributed by atoms with Gasteiger partial charge in [0.25, 0.3) is 42.4 Å². The largest absolute Gasteiger partial charge is 0.756 e. The van der Waals surface area contributed by atoms with Crippen LogP contribution in [-0.2, 0) is 101 Å². The van der Waals surface area contributed by atoms with E-state index in [1.54, 1.807) is 0 Å². The first-order chi connectivity index (χ1) is 63.5. The number of carbonyl (C=O) groups excluding carboxylic acids is 4. The van der Waals surface area contributed by atoms with E-state index in [1.165, 1.54) is 64.8 Å². The Morgan fingerprint density at radius 3 is 1.30 bits per heavy atom. The molecule has 47 heteroatoms. The number of allylic oxidation sites excluding steroid dienone is 2. The SMILES string of the molecule is CCCCCCCNC(=O)Cc1ccc(C2=NNC(C)=C3CC(OC(=O)NCCOP(=O)([O-])OCCCOP(=O)([O-])OC[C@H]4O[C@@H](n5cc(C)c(=O)[nH]c5=O)CC4O)CCCCC23)cc1.CCCCCCCNC(=O)Cc1ccc(C2=NNC(C)=C3CC(OC(=O)NCCOP(=O)([O-])OC[C@H]4OCCC4OP(=O)([O-])OC[C@H]4O[C@@H](n5cc(C)c(=O)[nH]c5=O)CC4O)CCCCC23)cc1. The molecule has 0 spiro atoms. The lowest BCUT2D eigenvalue weighted by molar-refractivity contribution is -0.236. The van der Waals surface area contributed by atoms with Crippen molar-refractivity contribution < 1.29 is 127 Å². The number of benzene rings is 2. The number of hydrogen-bond donors (Lipinski definition) is 10. The van der Waals surface area contributed by atoms with Crippen molar-refractivity contribution in [2.24, 2.45) is 22.0 Å². The van der Waals surface area contributed by atoms with Crippen molar-refractivity contribution in [3.05, 3.63) is 159 Å². The third-order valence-electron chi connectivity index (χ3n) is 23.5. The summed E-state index contributed by atoms with van der Waals surface area (Å²) in [5.74, 6) is 0.00981. The summed E-state index contributed by atoms with van der Waals surface area (Å²) < 4.78 is 119. The average molecular weight is 1950 g/mol. The van der Waals surface area contributed by atoms with Crippen molar-refractivity contribution >= 4 is 66.7 Å². The Balaban J connectivity index is 0.000000276. The molecule has 2 aromatic carbocycles. The summed E-state index contributed by atoms with van der Waals surface area (Å²) in [5.41, 5.74) is 13.5. The third kappa shape index (κ3) is 34.6. The molecule has 133 heavy (non-hydrogen) atoms. The summed E-state index contributed by atoms with van der Waals surface area (Å²) in [7, 11) is -19.8. The van der Waals surface area contributed by atoms with Crippen molar-refractivity contribution in [3.63, 3.8) is 0 Å². The number of nitrogens with one attached hydrogen (secondary N) is 8. The van der Waals surface area contributed by atoms with Crippen molar-refractivity contribution in [2.75, 3.05) is 79.0 Å². The van der Waals surface area contributed by atoms with E-state index in [1.807, 2.05) is 62.4 Å². The van der Waals surface area contributed by atoms with Gasteiger partial charge in [-0.25, -0.2) is 19.2 Å². The van der Waals surface area contributed by atoms with E-state index >= 15 is 0 Å². The first-order valence-electron chi connectivity index (χ1n) is 45.6. The second-order valence-corrected chi connectivity index (χ2v) is 39.4. The van der Waals surface area contributed by atoms with Gasteiger partial charge in [-0.3, -0.25) is 67.4 Å². The zero-order valence-corrected chi connectivity index (χ0v) is 79.5. The maximum Gasteiger partial charge on any atom is 0.407 e. The summed E-state index contributed by atoms with van der Waals surface area (Å²) in [6.07, 6.45) is 10.1. The highest BCUT2D eigenvalue weighted by Crippen LogP contribution is 2.47. The Morgan fingerprint density at radius 2 is 0.872 bits per heavy atom. The number of ether oxygens (including phenoxy) is 5. The Kier molecular flexibility index (Phi) is 42.2. The van der Waals surface area contributed by atoms with E-state index in [0.717, 1.165) is 130 Å². The minimum atomic E-state index is -5.07. The molecule has 4 amide bonds. The number of H-pyrrole nitrogens is 2. The second kappa shape index (κ2) is 52.5. The van der Waals surface area contributed by atoms with Crippen LogP contribution in [0.25, 0.3) is 0 Å². The molecule has 11 rings (SSSR count). The van der Waals surface area contributed by atoms with E-state index in [2.05, 4.69) is 55.9 Å². The van der Waals surface area contributed by atoms with Gasteiger partial charge in [0, 0.05) is 112 Å². The molecule has 2 aromatic heterocycles. The molecule has 0 radical (unpaired) electrons. The van der Waals surface area contributed by atoms with E-state index in [-0.39, 0.29) is 80.2 Å². The number of amides is 4. The molecule has 4 aromatic rings. The molecule has 740 valence electrons. The van der Waals surface area contributed by atoms with Crippen LogP contribution >= 0.6 is 31.3 Å². The normalized spacial score (nSPS) is 24.4. The molecule has 2 saturated carbocycles. The summed E-state index contributed by atoms with van der Waals surface area (Å²) in [6.45, 7) is 8.27. The van der Waals surface area contributed by atoms with Crippen LogP contribution in [0.1, 0.15) is 228 Å². The Bertz CT molecular complexity index is 5110. The highest BCUT2D eigenvalue weighted by atomic mass is 31.2. The molecule has 43 nitrogen and oxygen atoms in total. The van der Waals surface area contributed by atoms with Gasteiger partial charge in [0.05, 0.1) is 88.8 Å². The van der Waals surface area contributed by atoms with Gasteiger partial charge >= 0.3 is 23.6 Å². The van der Waals surface area contributed by atoms with E-state index in [9.17, 15) is 86.4 Å². The Labute approximate surface area is 770 Å². The zero-order valence-electron chi connectivity index (χ0n) is 75.9. The summed E-state index contributed by atoms with van der Waals surface area (Å²) >= 11 is 0. The molecule has 11 unspecified atom stereocenters. The Hall–Kier alpha value is -8.06. The lowest BCUT2D eigenvalue weighted by atomic mass is 9.79. The van der Waals surface area contributed by atoms with Crippen LogP contribution in [0.5, 0.6) is 0 Å². The van der Waals surface area contributed by atoms with Gasteiger partial charge in [-0.15, -0.1) is 0 Å². The number of fused-ring (bicyclic) bond motifs is 2. The fourth-order valence-corrected chi connectivity index (χ4v) is 19.5. The number of rotatable bonds is 47. The summed E-state index contributed by atoms with van der Waals surface area (Å²) in [5, 5.41) is 41.2. The zero-order chi connectivity index (χ0) is 95.8. The molecule has 0 bridgehead atoms. The van der Waals surface area contributed by atoms with Gasteiger partial charge in [-0.1, -0.05) is 127 Å². The van der Waals surface area contributed by atoms with Gasteiger partial charge in [0.1, 0.15) is 43.0 Å². The van der Waals surface area contributed by atoms with Crippen molar-refractivity contribution in [1.29, 1.82) is 0 Å². The number of unbranched alkanes of at least 4 members (excludes halogenated alkanes) is 8. The molecule has 7 aliphatic rings. The average Bonchev–Trinajstić information content (AvgIpc) is 1.29. The van der Waals surface area contributed by atoms with Gasteiger partial charge in [0.15, 0.2) is 0 Å². The number of aryl methyl sites for hydroxylation is 2. The molecule has 10 N–H and O–H groups in total. The highest BCUT2D eigenvalue weighted by Gasteiger charge is 2.41. The predicted octanol–water partition coefficient (Wildman–Crippen LogP) is 6.71. The first kappa shape index (κ1) is 107. The number of nitrogens with zero attached hydrogens (tertiary/aromatic N) is 4. The molecular weight excluding hydrogens is 1820 g/mol. The highest BCUT2D eigenvalue weighted by molar-refractivity contribution is 7.46. The number of carbonyl (C=O) groups is 4. The fraction of sp³-hybridized carbons (Fsp3) is 0.651. The molecule has 5 aliphatic heterocycles. The van der Waals surface area contributed by atoms with Crippen LogP contribution in [0.2, 0.25) is 0 Å². The predicted molar refractivity (Wildman–Crippen MR) is 475 cm³/mol. The Morgan fingerprint density at radius 1 is 0.481 bits per heavy atom. The molecule has 2 aliphatic carbocycles. The second-order valence-electron chi connectivity index (χ2n) is 33.8. The summed E-state index contributed by atoms with van der Waals surface area (Å²) in [6, 6.07) is 15.8. The third-order valence-corrected chi connectivity index (χ3v) is 27.4. The molecule has 3 saturated heterocycles.